The SMILES string of the molecule is C[C@@H]1OCC[C@@]1(O)C#N. The minimum absolute atomic E-state index is 0.331. The first kappa shape index (κ1) is 6.53. The largest absolute Gasteiger partial charge is 0.374 e. The van der Waals surface area contributed by atoms with E-state index in [0.717, 1.165) is 0 Å². The van der Waals surface area contributed by atoms with Crippen molar-refractivity contribution in [2.45, 2.75) is 25.0 Å². The fourth-order valence-electron chi connectivity index (χ4n) is 0.879. The van der Waals surface area contributed by atoms with Crippen LogP contribution in [-0.2, 0) is 4.74 Å². The molecule has 1 saturated heterocycles. The van der Waals surface area contributed by atoms with Gasteiger partial charge in [-0.2, -0.15) is 5.26 Å². The van der Waals surface area contributed by atoms with E-state index < -0.39 is 5.60 Å². The zero-order valence-electron chi connectivity index (χ0n) is 5.29. The summed E-state index contributed by atoms with van der Waals surface area (Å²) in [6.45, 7) is 2.20. The van der Waals surface area contributed by atoms with Gasteiger partial charge >= 0.3 is 0 Å². The molecule has 1 fully saturated rings. The Morgan fingerprint density at radius 3 is 2.78 bits per heavy atom. The fourth-order valence-corrected chi connectivity index (χ4v) is 0.879. The predicted octanol–water partition coefficient (Wildman–Crippen LogP) is 0.0499. The lowest BCUT2D eigenvalue weighted by Gasteiger charge is -2.15. The average molecular weight is 127 g/mol. The third-order valence-corrected chi connectivity index (χ3v) is 1.72. The number of nitriles is 1. The van der Waals surface area contributed by atoms with Crippen molar-refractivity contribution >= 4 is 0 Å². The van der Waals surface area contributed by atoms with Crippen LogP contribution < -0.4 is 0 Å². The van der Waals surface area contributed by atoms with E-state index in [1.54, 1.807) is 6.92 Å². The summed E-state index contributed by atoms with van der Waals surface area (Å²) in [7, 11) is 0. The van der Waals surface area contributed by atoms with Gasteiger partial charge in [0.15, 0.2) is 5.60 Å². The van der Waals surface area contributed by atoms with Crippen LogP contribution in [0.1, 0.15) is 13.3 Å². The summed E-state index contributed by atoms with van der Waals surface area (Å²) < 4.78 is 4.99. The van der Waals surface area contributed by atoms with E-state index in [4.69, 9.17) is 10.00 Å². The number of ether oxygens (including phenoxy) is 1. The van der Waals surface area contributed by atoms with Gasteiger partial charge in [-0.15, -0.1) is 0 Å². The van der Waals surface area contributed by atoms with Gasteiger partial charge in [-0.3, -0.25) is 0 Å². The monoisotopic (exact) mass is 127 g/mol. The first-order valence-electron chi connectivity index (χ1n) is 2.94. The summed E-state index contributed by atoms with van der Waals surface area (Å²) >= 11 is 0. The molecular weight excluding hydrogens is 118 g/mol. The van der Waals surface area contributed by atoms with E-state index >= 15 is 0 Å². The summed E-state index contributed by atoms with van der Waals surface area (Å²) in [5.74, 6) is 0. The highest BCUT2D eigenvalue weighted by atomic mass is 16.5. The molecule has 0 bridgehead atoms. The summed E-state index contributed by atoms with van der Waals surface area (Å²) in [5.41, 5.74) is -1.22. The third-order valence-electron chi connectivity index (χ3n) is 1.72. The molecule has 0 aliphatic carbocycles. The first-order chi connectivity index (χ1) is 4.19. The van der Waals surface area contributed by atoms with Crippen LogP contribution in [0, 0.1) is 11.3 Å². The Balaban J connectivity index is 2.70. The molecule has 3 heteroatoms. The minimum Gasteiger partial charge on any atom is -0.374 e. The van der Waals surface area contributed by atoms with Crippen LogP contribution in [0.4, 0.5) is 0 Å². The number of hydrogen-bond acceptors (Lipinski definition) is 3. The molecule has 9 heavy (non-hydrogen) atoms. The molecule has 2 atom stereocenters. The van der Waals surface area contributed by atoms with Gasteiger partial charge in [0.05, 0.1) is 12.7 Å². The van der Waals surface area contributed by atoms with E-state index in [1.165, 1.54) is 0 Å². The van der Waals surface area contributed by atoms with E-state index in [-0.39, 0.29) is 6.10 Å². The van der Waals surface area contributed by atoms with Crippen molar-refractivity contribution in [2.24, 2.45) is 0 Å². The molecule has 0 unspecified atom stereocenters. The Morgan fingerprint density at radius 2 is 2.56 bits per heavy atom. The zero-order chi connectivity index (χ0) is 6.91. The maximum absolute atomic E-state index is 9.28. The van der Waals surface area contributed by atoms with Gasteiger partial charge in [-0.1, -0.05) is 0 Å². The van der Waals surface area contributed by atoms with Gasteiger partial charge in [0.2, 0.25) is 0 Å². The highest BCUT2D eigenvalue weighted by Gasteiger charge is 2.39. The van der Waals surface area contributed by atoms with Crippen LogP contribution in [-0.4, -0.2) is 23.4 Å². The van der Waals surface area contributed by atoms with Crippen LogP contribution in [0.5, 0.6) is 0 Å². The van der Waals surface area contributed by atoms with Crippen LogP contribution in [0.3, 0.4) is 0 Å². The van der Waals surface area contributed by atoms with Gasteiger partial charge in [0.25, 0.3) is 0 Å². The van der Waals surface area contributed by atoms with Crippen molar-refractivity contribution in [3.05, 3.63) is 0 Å². The Kier molecular flexibility index (Phi) is 1.43. The molecule has 0 amide bonds. The van der Waals surface area contributed by atoms with Gasteiger partial charge in [-0.05, 0) is 6.92 Å². The lowest BCUT2D eigenvalue weighted by atomic mass is 9.99. The van der Waals surface area contributed by atoms with Crippen molar-refractivity contribution in [2.75, 3.05) is 6.61 Å². The highest BCUT2D eigenvalue weighted by Crippen LogP contribution is 2.23. The molecule has 50 valence electrons. The fraction of sp³-hybridized carbons (Fsp3) is 0.833. The summed E-state index contributed by atoms with van der Waals surface area (Å²) in [6, 6.07) is 1.82. The first-order valence-corrected chi connectivity index (χ1v) is 2.94. The Morgan fingerprint density at radius 1 is 1.89 bits per heavy atom. The molecule has 1 N–H and O–H groups in total. The predicted molar refractivity (Wildman–Crippen MR) is 30.6 cm³/mol. The van der Waals surface area contributed by atoms with Crippen molar-refractivity contribution in [1.82, 2.24) is 0 Å². The molecule has 0 radical (unpaired) electrons. The van der Waals surface area contributed by atoms with Crippen LogP contribution in [0.25, 0.3) is 0 Å². The van der Waals surface area contributed by atoms with E-state index in [0.29, 0.717) is 13.0 Å². The van der Waals surface area contributed by atoms with Crippen molar-refractivity contribution < 1.29 is 9.84 Å². The summed E-state index contributed by atoms with van der Waals surface area (Å²) in [6.07, 6.45) is 0.104. The molecule has 0 saturated carbocycles. The maximum Gasteiger partial charge on any atom is 0.179 e. The van der Waals surface area contributed by atoms with Gasteiger partial charge in [0.1, 0.15) is 6.07 Å². The molecule has 3 nitrogen and oxygen atoms in total. The summed E-state index contributed by atoms with van der Waals surface area (Å²) in [4.78, 5) is 0. The normalized spacial score (nSPS) is 42.6. The second-order valence-electron chi connectivity index (χ2n) is 2.30. The molecule has 1 heterocycles. The zero-order valence-corrected chi connectivity index (χ0v) is 5.29. The maximum atomic E-state index is 9.28. The molecule has 1 aliphatic rings. The molecule has 1 aliphatic heterocycles. The smallest absolute Gasteiger partial charge is 0.179 e. The number of aliphatic hydroxyl groups is 1. The van der Waals surface area contributed by atoms with Gasteiger partial charge < -0.3 is 9.84 Å². The van der Waals surface area contributed by atoms with Crippen LogP contribution in [0.15, 0.2) is 0 Å². The number of nitrogens with zero attached hydrogens (tertiary/aromatic N) is 1. The third kappa shape index (κ3) is 0.913. The molecule has 0 aromatic heterocycles. The van der Waals surface area contributed by atoms with E-state index in [1.807, 2.05) is 6.07 Å². The highest BCUT2D eigenvalue weighted by molar-refractivity contribution is 5.06. The quantitative estimate of drug-likeness (QED) is 0.468. The number of hydrogen-bond donors (Lipinski definition) is 1. The molecular formula is C6H9NO2. The second kappa shape index (κ2) is 1.98. The topological polar surface area (TPSA) is 53.2 Å². The van der Waals surface area contributed by atoms with Crippen molar-refractivity contribution in [1.29, 1.82) is 5.26 Å². The Labute approximate surface area is 53.9 Å². The second-order valence-corrected chi connectivity index (χ2v) is 2.30. The van der Waals surface area contributed by atoms with Crippen molar-refractivity contribution in [3.8, 4) is 6.07 Å². The van der Waals surface area contributed by atoms with Crippen LogP contribution in [0.2, 0.25) is 0 Å². The Bertz CT molecular complexity index is 152. The average Bonchev–Trinajstić information content (AvgIpc) is 2.15. The lowest BCUT2D eigenvalue weighted by Crippen LogP contribution is -2.33. The van der Waals surface area contributed by atoms with E-state index in [9.17, 15) is 5.11 Å². The van der Waals surface area contributed by atoms with Gasteiger partial charge in [0, 0.05) is 6.42 Å². The Hall–Kier alpha value is -0.590. The lowest BCUT2D eigenvalue weighted by molar-refractivity contribution is 0.0124. The van der Waals surface area contributed by atoms with E-state index in [2.05, 4.69) is 0 Å². The van der Waals surface area contributed by atoms with Gasteiger partial charge in [-0.25, -0.2) is 0 Å². The molecule has 0 spiro atoms. The number of rotatable bonds is 0. The van der Waals surface area contributed by atoms with Crippen LogP contribution >= 0.6 is 0 Å². The molecule has 0 aromatic carbocycles. The van der Waals surface area contributed by atoms with Crippen molar-refractivity contribution in [3.63, 3.8) is 0 Å². The molecule has 1 rings (SSSR count). The standard InChI is InChI=1S/C6H9NO2/c1-5-6(8,4-7)2-3-9-5/h5,8H,2-3H2,1H3/t5-,6+/m0/s1. The summed E-state index contributed by atoms with van der Waals surface area (Å²) in [5, 5.41) is 17.7. The molecule has 0 aromatic rings. The minimum atomic E-state index is -1.22.